The molecule has 2 N–H and O–H groups in total. The first-order valence-corrected chi connectivity index (χ1v) is 5.90. The third kappa shape index (κ3) is 1.95. The van der Waals surface area contributed by atoms with E-state index in [4.69, 9.17) is 5.73 Å². The molecule has 5 heteroatoms. The smallest absolute Gasteiger partial charge is 0.129 e. The molecule has 0 amide bonds. The average molecular weight is 251 g/mol. The lowest BCUT2D eigenvalue weighted by Gasteiger charge is -2.03. The Morgan fingerprint density at radius 3 is 2.21 bits per heavy atom. The van der Waals surface area contributed by atoms with E-state index >= 15 is 0 Å². The van der Waals surface area contributed by atoms with Gasteiger partial charge in [0, 0.05) is 43.0 Å². The van der Waals surface area contributed by atoms with E-state index in [1.54, 1.807) is 29.5 Å². The molecular formula is C14H13N5. The van der Waals surface area contributed by atoms with E-state index in [9.17, 15) is 0 Å². The lowest BCUT2D eigenvalue weighted by atomic mass is 10.0. The molecule has 0 unspecified atom stereocenters. The topological polar surface area (TPSA) is 69.6 Å². The zero-order valence-electron chi connectivity index (χ0n) is 10.5. The molecule has 0 fully saturated rings. The minimum atomic E-state index is 0.617. The van der Waals surface area contributed by atoms with Crippen LogP contribution in [0.4, 0.5) is 5.82 Å². The number of hydrogen-bond donors (Lipinski definition) is 1. The van der Waals surface area contributed by atoms with Crippen LogP contribution in [0.3, 0.4) is 0 Å². The maximum Gasteiger partial charge on any atom is 0.129 e. The lowest BCUT2D eigenvalue weighted by Crippen LogP contribution is -1.98. The Morgan fingerprint density at radius 2 is 1.63 bits per heavy atom. The molecule has 0 saturated heterocycles. The minimum absolute atomic E-state index is 0.617. The van der Waals surface area contributed by atoms with E-state index < -0.39 is 0 Å². The van der Waals surface area contributed by atoms with Gasteiger partial charge < -0.3 is 5.73 Å². The van der Waals surface area contributed by atoms with Crippen molar-refractivity contribution >= 4 is 5.82 Å². The Bertz CT molecular complexity index is 689. The molecule has 19 heavy (non-hydrogen) atoms. The van der Waals surface area contributed by atoms with Gasteiger partial charge in [-0.25, -0.2) is 0 Å². The summed E-state index contributed by atoms with van der Waals surface area (Å²) in [7, 11) is 1.83. The molecule has 5 nitrogen and oxygen atoms in total. The van der Waals surface area contributed by atoms with Crippen molar-refractivity contribution in [2.24, 2.45) is 7.05 Å². The van der Waals surface area contributed by atoms with E-state index in [0.717, 1.165) is 22.4 Å². The van der Waals surface area contributed by atoms with Gasteiger partial charge in [0.1, 0.15) is 11.5 Å². The maximum absolute atomic E-state index is 6.13. The van der Waals surface area contributed by atoms with Gasteiger partial charge in [-0.2, -0.15) is 5.10 Å². The van der Waals surface area contributed by atoms with Crippen molar-refractivity contribution in [2.75, 3.05) is 5.73 Å². The van der Waals surface area contributed by atoms with E-state index in [0.29, 0.717) is 5.82 Å². The van der Waals surface area contributed by atoms with Crippen LogP contribution in [0.2, 0.25) is 0 Å². The van der Waals surface area contributed by atoms with Crippen LogP contribution in [0.5, 0.6) is 0 Å². The second kappa shape index (κ2) is 4.53. The Morgan fingerprint density at radius 1 is 1.00 bits per heavy atom. The zero-order valence-corrected chi connectivity index (χ0v) is 10.5. The Balaban J connectivity index is 2.25. The highest BCUT2D eigenvalue weighted by atomic mass is 15.3. The molecule has 94 valence electrons. The Hall–Kier alpha value is -2.69. The fourth-order valence-electron chi connectivity index (χ4n) is 2.04. The molecule has 3 aromatic heterocycles. The van der Waals surface area contributed by atoms with Crippen molar-refractivity contribution in [3.8, 4) is 22.4 Å². The van der Waals surface area contributed by atoms with Crippen molar-refractivity contribution in [1.82, 2.24) is 19.7 Å². The Labute approximate surface area is 110 Å². The van der Waals surface area contributed by atoms with Crippen LogP contribution in [-0.2, 0) is 7.05 Å². The van der Waals surface area contributed by atoms with E-state index in [2.05, 4.69) is 15.1 Å². The Kier molecular flexibility index (Phi) is 2.72. The molecule has 0 saturated carbocycles. The highest BCUT2D eigenvalue weighted by Gasteiger charge is 2.17. The summed E-state index contributed by atoms with van der Waals surface area (Å²) in [5, 5.41) is 4.48. The van der Waals surface area contributed by atoms with E-state index in [-0.39, 0.29) is 0 Å². The predicted molar refractivity (Wildman–Crippen MR) is 74.1 cm³/mol. The molecule has 0 bridgehead atoms. The molecular weight excluding hydrogens is 238 g/mol. The van der Waals surface area contributed by atoms with Gasteiger partial charge in [0.05, 0.1) is 5.56 Å². The van der Waals surface area contributed by atoms with Crippen LogP contribution < -0.4 is 5.73 Å². The highest BCUT2D eigenvalue weighted by Crippen LogP contribution is 2.34. The van der Waals surface area contributed by atoms with Gasteiger partial charge >= 0.3 is 0 Å². The molecule has 0 spiro atoms. The van der Waals surface area contributed by atoms with Crippen LogP contribution in [0, 0.1) is 0 Å². The molecule has 0 atom stereocenters. The van der Waals surface area contributed by atoms with Crippen molar-refractivity contribution in [1.29, 1.82) is 0 Å². The number of nitrogen functional groups attached to an aromatic ring is 1. The number of hydrogen-bond acceptors (Lipinski definition) is 4. The van der Waals surface area contributed by atoms with Crippen molar-refractivity contribution in [3.63, 3.8) is 0 Å². The monoisotopic (exact) mass is 251 g/mol. The fourth-order valence-corrected chi connectivity index (χ4v) is 2.04. The second-order valence-electron chi connectivity index (χ2n) is 4.22. The first-order valence-electron chi connectivity index (χ1n) is 5.90. The molecule has 0 aliphatic carbocycles. The van der Waals surface area contributed by atoms with Crippen LogP contribution in [0.25, 0.3) is 22.4 Å². The predicted octanol–water partition coefficient (Wildman–Crippen LogP) is 2.13. The van der Waals surface area contributed by atoms with Crippen LogP contribution in [0.1, 0.15) is 0 Å². The third-order valence-electron chi connectivity index (χ3n) is 2.98. The van der Waals surface area contributed by atoms with E-state index in [1.165, 1.54) is 0 Å². The van der Waals surface area contributed by atoms with Crippen molar-refractivity contribution < 1.29 is 0 Å². The lowest BCUT2D eigenvalue weighted by molar-refractivity contribution is 0.782. The normalized spacial score (nSPS) is 10.6. The molecule has 0 aliphatic heterocycles. The summed E-state index contributed by atoms with van der Waals surface area (Å²) in [5.74, 6) is 0.617. The second-order valence-corrected chi connectivity index (χ2v) is 4.22. The van der Waals surface area contributed by atoms with Crippen LogP contribution in [0.15, 0.2) is 49.1 Å². The quantitative estimate of drug-likeness (QED) is 0.757. The molecule has 0 aliphatic rings. The standard InChI is InChI=1S/C14H13N5/c1-19-14(15)12(10-4-2-6-16-8-10)13(18-19)11-5-3-7-17-9-11/h2-9H,15H2,1H3. The number of anilines is 1. The summed E-state index contributed by atoms with van der Waals surface area (Å²) in [6.45, 7) is 0. The van der Waals surface area contributed by atoms with Gasteiger partial charge in [-0.15, -0.1) is 0 Å². The molecule has 3 heterocycles. The summed E-state index contributed by atoms with van der Waals surface area (Å²) < 4.78 is 1.67. The van der Waals surface area contributed by atoms with Gasteiger partial charge in [-0.3, -0.25) is 14.6 Å². The molecule has 0 radical (unpaired) electrons. The average Bonchev–Trinajstić information content (AvgIpc) is 2.77. The molecule has 0 aromatic carbocycles. The number of aryl methyl sites for hydroxylation is 1. The van der Waals surface area contributed by atoms with Crippen LogP contribution in [-0.4, -0.2) is 19.7 Å². The van der Waals surface area contributed by atoms with E-state index in [1.807, 2.05) is 31.3 Å². The largest absolute Gasteiger partial charge is 0.383 e. The summed E-state index contributed by atoms with van der Waals surface area (Å²) in [4.78, 5) is 8.27. The first kappa shape index (κ1) is 11.4. The van der Waals surface area contributed by atoms with Gasteiger partial charge in [0.25, 0.3) is 0 Å². The number of pyridine rings is 2. The summed E-state index contributed by atoms with van der Waals surface area (Å²) >= 11 is 0. The van der Waals surface area contributed by atoms with Gasteiger partial charge in [0.2, 0.25) is 0 Å². The number of nitrogens with two attached hydrogens (primary N) is 1. The van der Waals surface area contributed by atoms with Gasteiger partial charge in [0.15, 0.2) is 0 Å². The summed E-state index contributed by atoms with van der Waals surface area (Å²) in [6, 6.07) is 7.71. The highest BCUT2D eigenvalue weighted by molar-refractivity contribution is 5.87. The summed E-state index contributed by atoms with van der Waals surface area (Å²) in [6.07, 6.45) is 7.04. The van der Waals surface area contributed by atoms with Crippen LogP contribution >= 0.6 is 0 Å². The van der Waals surface area contributed by atoms with Crippen molar-refractivity contribution in [2.45, 2.75) is 0 Å². The summed E-state index contributed by atoms with van der Waals surface area (Å²) in [5.41, 5.74) is 9.73. The van der Waals surface area contributed by atoms with Gasteiger partial charge in [-0.05, 0) is 18.2 Å². The minimum Gasteiger partial charge on any atom is -0.383 e. The molecule has 3 aromatic rings. The maximum atomic E-state index is 6.13. The van der Waals surface area contributed by atoms with Crippen molar-refractivity contribution in [3.05, 3.63) is 49.1 Å². The number of rotatable bonds is 2. The first-order chi connectivity index (χ1) is 9.27. The zero-order chi connectivity index (χ0) is 13.2. The number of aromatic nitrogens is 4. The number of nitrogens with zero attached hydrogens (tertiary/aromatic N) is 4. The fraction of sp³-hybridized carbons (Fsp3) is 0.0714. The van der Waals surface area contributed by atoms with Gasteiger partial charge in [-0.1, -0.05) is 6.07 Å². The molecule has 3 rings (SSSR count). The SMILES string of the molecule is Cn1nc(-c2cccnc2)c(-c2cccnc2)c1N. The third-order valence-corrected chi connectivity index (χ3v) is 2.98.